The van der Waals surface area contributed by atoms with Crippen LogP contribution < -0.4 is 9.62 Å². The lowest BCUT2D eigenvalue weighted by molar-refractivity contribution is -0.121. The first kappa shape index (κ1) is 24.4. The quantitative estimate of drug-likeness (QED) is 0.493. The van der Waals surface area contributed by atoms with Gasteiger partial charge in [0.1, 0.15) is 11.6 Å². The van der Waals surface area contributed by atoms with E-state index in [1.807, 2.05) is 0 Å². The van der Waals surface area contributed by atoms with Crippen molar-refractivity contribution in [2.45, 2.75) is 18.6 Å². The van der Waals surface area contributed by atoms with Crippen molar-refractivity contribution in [3.05, 3.63) is 64.7 Å². The second kappa shape index (κ2) is 11.5. The van der Waals surface area contributed by atoms with Crippen molar-refractivity contribution in [2.24, 2.45) is 0 Å². The topological polar surface area (TPSA) is 66.5 Å². The van der Waals surface area contributed by atoms with E-state index in [-0.39, 0.29) is 24.7 Å². The van der Waals surface area contributed by atoms with Crippen molar-refractivity contribution in [1.82, 2.24) is 5.32 Å². The molecule has 2 aromatic rings. The third kappa shape index (κ3) is 7.77. The fourth-order valence-electron chi connectivity index (χ4n) is 2.67. The van der Waals surface area contributed by atoms with Crippen molar-refractivity contribution < 1.29 is 22.0 Å². The number of sulfonamides is 1. The van der Waals surface area contributed by atoms with E-state index < -0.39 is 15.8 Å². The van der Waals surface area contributed by atoms with Gasteiger partial charge in [0.25, 0.3) is 0 Å². The Balaban J connectivity index is 1.71. The van der Waals surface area contributed by atoms with E-state index in [4.69, 9.17) is 11.6 Å². The van der Waals surface area contributed by atoms with Crippen molar-refractivity contribution in [3.63, 3.8) is 0 Å². The van der Waals surface area contributed by atoms with Crippen LogP contribution in [-0.2, 0) is 20.6 Å². The first-order chi connectivity index (χ1) is 14.2. The minimum Gasteiger partial charge on any atom is -0.355 e. The van der Waals surface area contributed by atoms with Crippen LogP contribution in [0.3, 0.4) is 0 Å². The zero-order chi connectivity index (χ0) is 22.1. The van der Waals surface area contributed by atoms with Gasteiger partial charge in [-0.25, -0.2) is 17.2 Å². The van der Waals surface area contributed by atoms with Gasteiger partial charge >= 0.3 is 0 Å². The summed E-state index contributed by atoms with van der Waals surface area (Å²) in [5.74, 6) is -0.0199. The highest BCUT2D eigenvalue weighted by atomic mass is 35.5. The van der Waals surface area contributed by atoms with Gasteiger partial charge in [-0.05, 0) is 42.8 Å². The first-order valence-electron chi connectivity index (χ1n) is 9.19. The predicted molar refractivity (Wildman–Crippen MR) is 118 cm³/mol. The van der Waals surface area contributed by atoms with Crippen LogP contribution in [0.15, 0.2) is 42.5 Å². The maximum Gasteiger partial charge on any atom is 0.232 e. The fraction of sp³-hybridized carbons (Fsp3) is 0.350. The van der Waals surface area contributed by atoms with Gasteiger partial charge in [0.15, 0.2) is 0 Å². The Morgan fingerprint density at radius 1 is 1.17 bits per heavy atom. The summed E-state index contributed by atoms with van der Waals surface area (Å²) in [6.45, 7) is 0.516. The number of amides is 1. The third-order valence-electron chi connectivity index (χ3n) is 4.16. The minimum atomic E-state index is -3.55. The third-order valence-corrected chi connectivity index (χ3v) is 6.69. The molecule has 1 N–H and O–H groups in total. The van der Waals surface area contributed by atoms with Gasteiger partial charge in [-0.3, -0.25) is 9.10 Å². The molecule has 0 spiro atoms. The summed E-state index contributed by atoms with van der Waals surface area (Å²) in [5, 5.41) is 3.13. The zero-order valence-corrected chi connectivity index (χ0v) is 18.8. The average Bonchev–Trinajstić information content (AvgIpc) is 2.67. The molecule has 0 bridgehead atoms. The molecule has 0 saturated heterocycles. The normalized spacial score (nSPS) is 11.3. The number of thioether (sulfide) groups is 1. The molecule has 2 rings (SSSR count). The number of rotatable bonds is 11. The molecule has 0 atom stereocenters. The van der Waals surface area contributed by atoms with Gasteiger partial charge in [0, 0.05) is 41.6 Å². The Bertz CT molecular complexity index is 937. The molecule has 0 saturated carbocycles. The number of hydrogen-bond donors (Lipinski definition) is 1. The molecule has 10 heteroatoms. The van der Waals surface area contributed by atoms with Crippen LogP contribution in [0, 0.1) is 11.6 Å². The summed E-state index contributed by atoms with van der Waals surface area (Å²) < 4.78 is 51.9. The molecule has 30 heavy (non-hydrogen) atoms. The van der Waals surface area contributed by atoms with E-state index in [0.29, 0.717) is 40.7 Å². The number of benzene rings is 2. The second-order valence-corrected chi connectivity index (χ2v) is 9.94. The highest BCUT2D eigenvalue weighted by Crippen LogP contribution is 2.23. The molecule has 0 aliphatic carbocycles. The summed E-state index contributed by atoms with van der Waals surface area (Å²) >= 11 is 7.42. The van der Waals surface area contributed by atoms with Crippen molar-refractivity contribution in [2.75, 3.05) is 29.4 Å². The summed E-state index contributed by atoms with van der Waals surface area (Å²) in [7, 11) is -3.55. The SMILES string of the molecule is CS(=O)(=O)N(CCCC(=O)NCCSCc1c(F)cccc1Cl)c1ccc(F)cc1. The van der Waals surface area contributed by atoms with Crippen LogP contribution in [-0.4, -0.2) is 39.4 Å². The largest absolute Gasteiger partial charge is 0.355 e. The van der Waals surface area contributed by atoms with Crippen LogP contribution in [0.4, 0.5) is 14.5 Å². The second-order valence-electron chi connectivity index (χ2n) is 6.52. The molecule has 0 aliphatic rings. The van der Waals surface area contributed by atoms with Gasteiger partial charge in [-0.15, -0.1) is 0 Å². The Morgan fingerprint density at radius 3 is 2.50 bits per heavy atom. The predicted octanol–water partition coefficient (Wildman–Crippen LogP) is 4.21. The Kier molecular flexibility index (Phi) is 9.38. The molecule has 2 aromatic carbocycles. The molecule has 0 aliphatic heterocycles. The van der Waals surface area contributed by atoms with Gasteiger partial charge in [-0.1, -0.05) is 17.7 Å². The number of halogens is 3. The highest BCUT2D eigenvalue weighted by molar-refractivity contribution is 7.98. The van der Waals surface area contributed by atoms with Crippen molar-refractivity contribution >= 4 is 45.0 Å². The molecule has 0 radical (unpaired) electrons. The van der Waals surface area contributed by atoms with Gasteiger partial charge in [0.05, 0.1) is 11.9 Å². The number of carbonyl (C=O) groups excluding carboxylic acids is 1. The average molecular weight is 477 g/mol. The molecule has 0 aromatic heterocycles. The molecule has 0 unspecified atom stereocenters. The van der Waals surface area contributed by atoms with E-state index in [9.17, 15) is 22.0 Å². The number of carbonyl (C=O) groups is 1. The first-order valence-corrected chi connectivity index (χ1v) is 12.6. The molecular formula is C20H23ClF2N2O3S2. The van der Waals surface area contributed by atoms with E-state index in [1.54, 1.807) is 12.1 Å². The molecule has 164 valence electrons. The summed E-state index contributed by atoms with van der Waals surface area (Å²) in [4.78, 5) is 12.0. The molecule has 1 amide bonds. The lowest BCUT2D eigenvalue weighted by Crippen LogP contribution is -2.32. The summed E-state index contributed by atoms with van der Waals surface area (Å²) in [6.07, 6.45) is 1.53. The van der Waals surface area contributed by atoms with E-state index in [2.05, 4.69) is 5.32 Å². The highest BCUT2D eigenvalue weighted by Gasteiger charge is 2.17. The van der Waals surface area contributed by atoms with Crippen LogP contribution in [0.25, 0.3) is 0 Å². The Labute approximate surface area is 184 Å². The van der Waals surface area contributed by atoms with Crippen LogP contribution in [0.5, 0.6) is 0 Å². The van der Waals surface area contributed by atoms with Crippen LogP contribution in [0.2, 0.25) is 5.02 Å². The lowest BCUT2D eigenvalue weighted by atomic mass is 10.2. The Hall–Kier alpha value is -1.84. The lowest BCUT2D eigenvalue weighted by Gasteiger charge is -2.22. The van der Waals surface area contributed by atoms with Gasteiger partial charge in [0.2, 0.25) is 15.9 Å². The van der Waals surface area contributed by atoms with E-state index in [1.165, 1.54) is 42.1 Å². The fourth-order valence-corrected chi connectivity index (χ4v) is 4.84. The maximum absolute atomic E-state index is 13.7. The number of hydrogen-bond acceptors (Lipinski definition) is 4. The molecule has 5 nitrogen and oxygen atoms in total. The van der Waals surface area contributed by atoms with Gasteiger partial charge < -0.3 is 5.32 Å². The standard InChI is InChI=1S/C20H23ClF2N2O3S2/c1-30(27,28)25(16-9-7-15(22)8-10-16)12-3-6-20(26)24-11-13-29-14-17-18(21)4-2-5-19(17)23/h2,4-5,7-10H,3,6,11-14H2,1H3,(H,24,26). The number of nitrogens with one attached hydrogen (secondary N) is 1. The monoisotopic (exact) mass is 476 g/mol. The number of nitrogens with zero attached hydrogens (tertiary/aromatic N) is 1. The Morgan fingerprint density at radius 2 is 1.87 bits per heavy atom. The van der Waals surface area contributed by atoms with Crippen LogP contribution in [0.1, 0.15) is 18.4 Å². The summed E-state index contributed by atoms with van der Waals surface area (Å²) in [5.41, 5.74) is 0.791. The van der Waals surface area contributed by atoms with Gasteiger partial charge in [-0.2, -0.15) is 11.8 Å². The smallest absolute Gasteiger partial charge is 0.232 e. The molecular weight excluding hydrogens is 454 g/mol. The zero-order valence-electron chi connectivity index (χ0n) is 16.4. The van der Waals surface area contributed by atoms with E-state index in [0.717, 1.165) is 10.6 Å². The molecule has 0 fully saturated rings. The maximum atomic E-state index is 13.7. The molecule has 0 heterocycles. The van der Waals surface area contributed by atoms with Crippen LogP contribution >= 0.6 is 23.4 Å². The minimum absolute atomic E-state index is 0.110. The summed E-state index contributed by atoms with van der Waals surface area (Å²) in [6, 6.07) is 9.68. The number of anilines is 1. The van der Waals surface area contributed by atoms with E-state index >= 15 is 0 Å². The van der Waals surface area contributed by atoms with Crippen molar-refractivity contribution in [1.29, 1.82) is 0 Å². The van der Waals surface area contributed by atoms with Crippen molar-refractivity contribution in [3.8, 4) is 0 Å².